The topological polar surface area (TPSA) is 334 Å². The molecule has 4 heterocycles. The number of hydrogen-bond donors (Lipinski definition) is 8. The van der Waals surface area contributed by atoms with Crippen LogP contribution in [0.2, 0.25) is 0 Å². The van der Waals surface area contributed by atoms with E-state index in [-0.39, 0.29) is 123 Å². The van der Waals surface area contributed by atoms with Crippen molar-refractivity contribution in [1.29, 1.82) is 0 Å². The Morgan fingerprint density at radius 1 is 0.667 bits per heavy atom. The van der Waals surface area contributed by atoms with E-state index in [2.05, 4.69) is 16.0 Å². The number of carbonyl (C=O) groups is 7. The first kappa shape index (κ1) is 58.2. The highest BCUT2D eigenvalue weighted by molar-refractivity contribution is 6.07. The molecule has 0 radical (unpaired) electrons. The summed E-state index contributed by atoms with van der Waals surface area (Å²) >= 11 is 0. The van der Waals surface area contributed by atoms with Crippen molar-refractivity contribution in [3.63, 3.8) is 0 Å². The quantitative estimate of drug-likeness (QED) is 0.0663. The van der Waals surface area contributed by atoms with Crippen molar-refractivity contribution in [3.05, 3.63) is 65.2 Å². The number of carbonyl (C=O) groups excluding carboxylic acids is 6. The maximum Gasteiger partial charge on any atom is 0.416 e. The maximum atomic E-state index is 14.1. The summed E-state index contributed by atoms with van der Waals surface area (Å²) in [5, 5.41) is 62.0. The average molecular weight is 1090 g/mol. The Labute approximate surface area is 449 Å². The molecule has 2 fully saturated rings. The van der Waals surface area contributed by atoms with Gasteiger partial charge in [-0.2, -0.15) is 0 Å². The predicted molar refractivity (Wildman–Crippen MR) is 274 cm³/mol. The number of fused-ring (bicyclic) bond motifs is 4. The van der Waals surface area contributed by atoms with Crippen molar-refractivity contribution in [2.45, 2.75) is 102 Å². The van der Waals surface area contributed by atoms with Crippen molar-refractivity contribution in [2.24, 2.45) is 5.92 Å². The molecule has 424 valence electrons. The van der Waals surface area contributed by atoms with Gasteiger partial charge in [-0.05, 0) is 55.5 Å². The van der Waals surface area contributed by atoms with Gasteiger partial charge in [-0.25, -0.2) is 19.4 Å². The molecule has 0 aliphatic carbocycles. The van der Waals surface area contributed by atoms with Crippen molar-refractivity contribution in [1.82, 2.24) is 20.4 Å². The third-order valence-corrected chi connectivity index (χ3v) is 13.6. The van der Waals surface area contributed by atoms with Crippen molar-refractivity contribution in [2.75, 3.05) is 82.6 Å². The summed E-state index contributed by atoms with van der Waals surface area (Å²) < 4.78 is 39.2. The van der Waals surface area contributed by atoms with Gasteiger partial charge < -0.3 is 84.4 Å². The second-order valence-corrected chi connectivity index (χ2v) is 19.4. The van der Waals surface area contributed by atoms with Crippen LogP contribution in [0.15, 0.2) is 48.5 Å². The molecular formula is C52H67N7O19. The number of aliphatic hydroxyl groups excluding tert-OH is 4. The summed E-state index contributed by atoms with van der Waals surface area (Å²) in [6.07, 6.45) is -7.80. The number of nitrogens with one attached hydrogen (secondary N) is 3. The SMILES string of the molecule is COCCOCCC(=O)NC(C(=O)NC(C)C(=O)Nc1ccc(COC(=O)N2c3cc(OCCCOc4cc5c(cc4OC)C(=O)N4C[C@@H](O)C[C@H]4[C@H](O)N5C(=O)O)c(OC)cc3C(=O)N3C[C@@H](O)C[C@H]3[C@@H]2O)cc1)C(C)C. The monoisotopic (exact) mass is 1090 g/mol. The number of amides is 7. The van der Waals surface area contributed by atoms with Crippen LogP contribution in [-0.4, -0.2) is 193 Å². The van der Waals surface area contributed by atoms with E-state index in [4.69, 9.17) is 33.2 Å². The fraction of sp³-hybridized carbons (Fsp3) is 0.519. The van der Waals surface area contributed by atoms with Gasteiger partial charge in [0.05, 0.1) is 94.0 Å². The van der Waals surface area contributed by atoms with Gasteiger partial charge in [0.25, 0.3) is 11.8 Å². The Morgan fingerprint density at radius 2 is 1.21 bits per heavy atom. The van der Waals surface area contributed by atoms with Crippen LogP contribution in [0.5, 0.6) is 23.0 Å². The molecular weight excluding hydrogens is 1030 g/mol. The van der Waals surface area contributed by atoms with Gasteiger partial charge in [0.15, 0.2) is 35.5 Å². The first-order chi connectivity index (χ1) is 37.3. The molecule has 4 aliphatic rings. The first-order valence-corrected chi connectivity index (χ1v) is 25.3. The zero-order chi connectivity index (χ0) is 56.5. The van der Waals surface area contributed by atoms with Gasteiger partial charge in [0.1, 0.15) is 18.7 Å². The molecule has 3 aromatic rings. The number of hydrogen-bond acceptors (Lipinski definition) is 18. The number of nitrogens with zero attached hydrogens (tertiary/aromatic N) is 4. The minimum atomic E-state index is -1.69. The Hall–Kier alpha value is -7.49. The van der Waals surface area contributed by atoms with Crippen molar-refractivity contribution >= 4 is 58.8 Å². The largest absolute Gasteiger partial charge is 0.493 e. The Bertz CT molecular complexity index is 2690. The molecule has 2 saturated heterocycles. The van der Waals surface area contributed by atoms with Crippen molar-refractivity contribution in [3.8, 4) is 23.0 Å². The van der Waals surface area contributed by atoms with E-state index in [1.54, 1.807) is 38.1 Å². The number of methoxy groups -OCH3 is 3. The molecule has 26 nitrogen and oxygen atoms in total. The molecule has 8 N–H and O–H groups in total. The molecule has 3 aromatic carbocycles. The second kappa shape index (κ2) is 25.8. The van der Waals surface area contributed by atoms with Crippen LogP contribution < -0.4 is 44.7 Å². The Kier molecular flexibility index (Phi) is 19.2. The normalized spacial score (nSPS) is 21.3. The molecule has 4 aliphatic heterocycles. The molecule has 0 aromatic heterocycles. The minimum absolute atomic E-state index is 0.0320. The van der Waals surface area contributed by atoms with Crippen LogP contribution in [0.25, 0.3) is 0 Å². The third-order valence-electron chi connectivity index (χ3n) is 13.6. The third kappa shape index (κ3) is 13.1. The van der Waals surface area contributed by atoms with Gasteiger partial charge in [-0.15, -0.1) is 0 Å². The minimum Gasteiger partial charge on any atom is -0.493 e. The van der Waals surface area contributed by atoms with E-state index >= 15 is 0 Å². The van der Waals surface area contributed by atoms with Crippen LogP contribution >= 0.6 is 0 Å². The number of anilines is 3. The van der Waals surface area contributed by atoms with Gasteiger partial charge >= 0.3 is 12.2 Å². The Balaban J connectivity index is 0.992. The van der Waals surface area contributed by atoms with Gasteiger partial charge in [0.2, 0.25) is 17.7 Å². The van der Waals surface area contributed by atoms with Crippen LogP contribution in [-0.2, 0) is 35.2 Å². The molecule has 0 bridgehead atoms. The van der Waals surface area contributed by atoms with Gasteiger partial charge in [0, 0.05) is 50.9 Å². The number of carboxylic acid groups (broad SMARTS) is 1. The lowest BCUT2D eigenvalue weighted by atomic mass is 10.0. The van der Waals surface area contributed by atoms with Gasteiger partial charge in [-0.3, -0.25) is 24.0 Å². The standard InChI is InChI=1S/C52H67N7O19/c1-27(2)44(55-43(62)12-15-75-17-16-72-4)46(64)53-28(3)45(63)54-30-10-8-29(9-11-30)26-78-52(71)59-36-23-42(40(74-6)21-34(36)48(66)57-25-32(61)19-38(57)50(59)68)77-14-7-13-76-41-22-35-33(20-39(41)73-5)47(65)56-24-31(60)18-37(56)49(67)58(35)51(69)70/h8-11,20-23,27-28,31-32,37-38,44,49-50,60-61,67-68H,7,12-19,24-26H2,1-6H3,(H,53,64)(H,54,63)(H,55,62)(H,69,70)/t28?,31-,32-,37-,38-,44?,49-,50-/m0/s1. The smallest absolute Gasteiger partial charge is 0.416 e. The summed E-state index contributed by atoms with van der Waals surface area (Å²) in [6, 6.07) is 7.61. The fourth-order valence-corrected chi connectivity index (χ4v) is 9.59. The lowest BCUT2D eigenvalue weighted by Gasteiger charge is -2.31. The van der Waals surface area contributed by atoms with E-state index in [9.17, 15) is 59.1 Å². The highest BCUT2D eigenvalue weighted by atomic mass is 16.6. The summed E-state index contributed by atoms with van der Waals surface area (Å²) in [6.45, 7) is 5.20. The lowest BCUT2D eigenvalue weighted by Crippen LogP contribution is -2.53. The highest BCUT2D eigenvalue weighted by Gasteiger charge is 2.49. The van der Waals surface area contributed by atoms with E-state index in [1.807, 2.05) is 0 Å². The zero-order valence-corrected chi connectivity index (χ0v) is 44.0. The number of rotatable bonds is 22. The van der Waals surface area contributed by atoms with Crippen molar-refractivity contribution < 1.29 is 92.3 Å². The van der Waals surface area contributed by atoms with Gasteiger partial charge in [-0.1, -0.05) is 26.0 Å². The van der Waals surface area contributed by atoms with E-state index < -0.39 is 84.6 Å². The second-order valence-electron chi connectivity index (χ2n) is 19.4. The molecule has 0 spiro atoms. The van der Waals surface area contributed by atoms with Crippen LogP contribution in [0.3, 0.4) is 0 Å². The molecule has 7 amide bonds. The summed E-state index contributed by atoms with van der Waals surface area (Å²) in [7, 11) is 4.21. The van der Waals surface area contributed by atoms with E-state index in [1.165, 1.54) is 62.3 Å². The number of ether oxygens (including phenoxy) is 7. The average Bonchev–Trinajstić information content (AvgIpc) is 4.14. The highest BCUT2D eigenvalue weighted by Crippen LogP contribution is 2.43. The van der Waals surface area contributed by atoms with Crippen LogP contribution in [0, 0.1) is 5.92 Å². The molecule has 8 atom stereocenters. The molecule has 2 unspecified atom stereocenters. The molecule has 26 heteroatoms. The lowest BCUT2D eigenvalue weighted by molar-refractivity contribution is -0.132. The first-order valence-electron chi connectivity index (χ1n) is 25.3. The maximum absolute atomic E-state index is 14.1. The van der Waals surface area contributed by atoms with E-state index in [0.717, 1.165) is 4.90 Å². The number of benzene rings is 3. The molecule has 0 saturated carbocycles. The summed E-state index contributed by atoms with van der Waals surface area (Å²) in [5.74, 6) is -2.70. The summed E-state index contributed by atoms with van der Waals surface area (Å²) in [4.78, 5) is 97.2. The van der Waals surface area contributed by atoms with Crippen LogP contribution in [0.4, 0.5) is 26.7 Å². The molecule has 78 heavy (non-hydrogen) atoms. The Morgan fingerprint density at radius 3 is 1.72 bits per heavy atom. The predicted octanol–water partition coefficient (Wildman–Crippen LogP) is 1.63. The molecule has 7 rings (SSSR count). The van der Waals surface area contributed by atoms with Crippen LogP contribution in [0.1, 0.15) is 72.7 Å². The zero-order valence-electron chi connectivity index (χ0n) is 44.0. The van der Waals surface area contributed by atoms with E-state index in [0.29, 0.717) is 29.4 Å². The number of aliphatic hydroxyl groups is 4. The fourth-order valence-electron chi connectivity index (χ4n) is 9.59. The summed E-state index contributed by atoms with van der Waals surface area (Å²) in [5.41, 5.74) is 0.451.